The molecule has 0 unspecified atom stereocenters. The van der Waals surface area contributed by atoms with Crippen LogP contribution in [0.5, 0.6) is 0 Å². The zero-order chi connectivity index (χ0) is 15.9. The monoisotopic (exact) mass is 316 g/mol. The van der Waals surface area contributed by atoms with Crippen molar-refractivity contribution in [1.82, 2.24) is 0 Å². The second-order valence-corrected chi connectivity index (χ2v) is 6.37. The lowest BCUT2D eigenvalue weighted by atomic mass is 9.93. The van der Waals surface area contributed by atoms with Crippen molar-refractivity contribution in [3.05, 3.63) is 65.5 Å². The number of hydrogen-bond acceptors (Lipinski definition) is 2. The standard InChI is InChI=1S/C19H21FOS/c1-3-15(4-2)19(21)16-7-11-18(12-8-16)22-13-14-5-9-17(20)10-6-14/h5-12,15H,3-4,13H2,1-2H3. The van der Waals surface area contributed by atoms with Crippen LogP contribution in [0.1, 0.15) is 42.6 Å². The number of thioether (sulfide) groups is 1. The van der Waals surface area contributed by atoms with Gasteiger partial charge in [-0.3, -0.25) is 4.79 Å². The Bertz CT molecular complexity index is 600. The van der Waals surface area contributed by atoms with Crippen molar-refractivity contribution in [3.8, 4) is 0 Å². The summed E-state index contributed by atoms with van der Waals surface area (Å²) in [5.74, 6) is 0.941. The van der Waals surface area contributed by atoms with Gasteiger partial charge in [0.25, 0.3) is 0 Å². The predicted octanol–water partition coefficient (Wildman–Crippen LogP) is 5.74. The van der Waals surface area contributed by atoms with E-state index in [4.69, 9.17) is 0 Å². The maximum atomic E-state index is 12.9. The van der Waals surface area contributed by atoms with Crippen molar-refractivity contribution in [3.63, 3.8) is 0 Å². The molecule has 3 heteroatoms. The van der Waals surface area contributed by atoms with Gasteiger partial charge in [-0.2, -0.15) is 0 Å². The molecule has 0 saturated heterocycles. The lowest BCUT2D eigenvalue weighted by molar-refractivity contribution is 0.0913. The van der Waals surface area contributed by atoms with Crippen LogP contribution in [0, 0.1) is 11.7 Å². The molecule has 0 bridgehead atoms. The zero-order valence-electron chi connectivity index (χ0n) is 13.0. The maximum Gasteiger partial charge on any atom is 0.165 e. The minimum Gasteiger partial charge on any atom is -0.294 e. The van der Waals surface area contributed by atoms with Crippen LogP contribution in [0.25, 0.3) is 0 Å². The van der Waals surface area contributed by atoms with Crippen molar-refractivity contribution in [1.29, 1.82) is 0 Å². The van der Waals surface area contributed by atoms with E-state index in [1.54, 1.807) is 23.9 Å². The summed E-state index contributed by atoms with van der Waals surface area (Å²) < 4.78 is 12.9. The Kier molecular flexibility index (Phi) is 6.20. The Balaban J connectivity index is 1.97. The van der Waals surface area contributed by atoms with Gasteiger partial charge in [0.1, 0.15) is 5.82 Å². The van der Waals surface area contributed by atoms with E-state index in [2.05, 4.69) is 13.8 Å². The van der Waals surface area contributed by atoms with Crippen LogP contribution in [-0.4, -0.2) is 5.78 Å². The third kappa shape index (κ3) is 4.44. The van der Waals surface area contributed by atoms with Gasteiger partial charge in [0.05, 0.1) is 0 Å². The van der Waals surface area contributed by atoms with Crippen molar-refractivity contribution < 1.29 is 9.18 Å². The molecule has 0 aliphatic carbocycles. The van der Waals surface area contributed by atoms with E-state index >= 15 is 0 Å². The van der Waals surface area contributed by atoms with E-state index in [1.807, 2.05) is 24.3 Å². The molecular formula is C19H21FOS. The lowest BCUT2D eigenvalue weighted by Crippen LogP contribution is -2.12. The van der Waals surface area contributed by atoms with Crippen molar-refractivity contribution in [2.45, 2.75) is 37.3 Å². The molecule has 22 heavy (non-hydrogen) atoms. The quantitative estimate of drug-likeness (QED) is 0.479. The zero-order valence-corrected chi connectivity index (χ0v) is 13.8. The van der Waals surface area contributed by atoms with E-state index < -0.39 is 0 Å². The van der Waals surface area contributed by atoms with Crippen LogP contribution in [0.15, 0.2) is 53.4 Å². The maximum absolute atomic E-state index is 12.9. The largest absolute Gasteiger partial charge is 0.294 e. The summed E-state index contributed by atoms with van der Waals surface area (Å²) in [7, 11) is 0. The first-order valence-corrected chi connectivity index (χ1v) is 8.64. The fourth-order valence-electron chi connectivity index (χ4n) is 2.36. The molecule has 0 aliphatic heterocycles. The third-order valence-corrected chi connectivity index (χ3v) is 4.90. The molecule has 2 aromatic carbocycles. The van der Waals surface area contributed by atoms with Crippen LogP contribution in [0.3, 0.4) is 0 Å². The number of hydrogen-bond donors (Lipinski definition) is 0. The number of halogens is 1. The smallest absolute Gasteiger partial charge is 0.165 e. The van der Waals surface area contributed by atoms with Gasteiger partial charge in [-0.15, -0.1) is 11.8 Å². The Morgan fingerprint density at radius 2 is 1.59 bits per heavy atom. The van der Waals surface area contributed by atoms with Gasteiger partial charge < -0.3 is 0 Å². The Labute approximate surface area is 135 Å². The van der Waals surface area contributed by atoms with Gasteiger partial charge in [0, 0.05) is 22.1 Å². The molecule has 2 rings (SSSR count). The van der Waals surface area contributed by atoms with Gasteiger partial charge in [0.2, 0.25) is 0 Å². The number of rotatable bonds is 7. The van der Waals surface area contributed by atoms with Crippen LogP contribution in [0.4, 0.5) is 4.39 Å². The number of carbonyl (C=O) groups is 1. The predicted molar refractivity (Wildman–Crippen MR) is 90.8 cm³/mol. The topological polar surface area (TPSA) is 17.1 Å². The summed E-state index contributed by atoms with van der Waals surface area (Å²) >= 11 is 1.69. The van der Waals surface area contributed by atoms with Crippen LogP contribution in [-0.2, 0) is 5.75 Å². The minimum absolute atomic E-state index is 0.123. The normalized spacial score (nSPS) is 10.9. The molecule has 1 nitrogen and oxygen atoms in total. The molecule has 0 aliphatic rings. The van der Waals surface area contributed by atoms with E-state index in [0.717, 1.165) is 34.6 Å². The summed E-state index contributed by atoms with van der Waals surface area (Å²) in [5.41, 5.74) is 1.88. The number of ketones is 1. The van der Waals surface area contributed by atoms with Crippen LogP contribution in [0.2, 0.25) is 0 Å². The molecule has 0 aromatic heterocycles. The molecule has 0 fully saturated rings. The summed E-state index contributed by atoms with van der Waals surface area (Å²) in [6, 6.07) is 14.4. The van der Waals surface area contributed by atoms with Gasteiger partial charge in [-0.25, -0.2) is 4.39 Å². The Morgan fingerprint density at radius 3 is 2.14 bits per heavy atom. The third-order valence-electron chi connectivity index (χ3n) is 3.81. The molecule has 0 radical (unpaired) electrons. The SMILES string of the molecule is CCC(CC)C(=O)c1ccc(SCc2ccc(F)cc2)cc1. The van der Waals surface area contributed by atoms with E-state index in [9.17, 15) is 9.18 Å². The molecular weight excluding hydrogens is 295 g/mol. The summed E-state index contributed by atoms with van der Waals surface area (Å²) in [5, 5.41) is 0. The summed E-state index contributed by atoms with van der Waals surface area (Å²) in [6.45, 7) is 4.11. The lowest BCUT2D eigenvalue weighted by Gasteiger charge is -2.11. The number of benzene rings is 2. The molecule has 0 atom stereocenters. The fraction of sp³-hybridized carbons (Fsp3) is 0.316. The van der Waals surface area contributed by atoms with Gasteiger partial charge in [-0.1, -0.05) is 38.1 Å². The highest BCUT2D eigenvalue weighted by Gasteiger charge is 2.15. The van der Waals surface area contributed by atoms with E-state index in [0.29, 0.717) is 0 Å². The van der Waals surface area contributed by atoms with Crippen molar-refractivity contribution in [2.75, 3.05) is 0 Å². The summed E-state index contributed by atoms with van der Waals surface area (Å²) in [4.78, 5) is 13.4. The molecule has 116 valence electrons. The highest BCUT2D eigenvalue weighted by Crippen LogP contribution is 2.24. The second-order valence-electron chi connectivity index (χ2n) is 5.32. The Morgan fingerprint density at radius 1 is 1.00 bits per heavy atom. The molecule has 0 heterocycles. The first-order chi connectivity index (χ1) is 10.6. The first-order valence-electron chi connectivity index (χ1n) is 7.65. The average Bonchev–Trinajstić information content (AvgIpc) is 2.56. The Hall–Kier alpha value is -1.61. The number of Topliss-reactive ketones (excluding diaryl/α,β-unsaturated/α-hetero) is 1. The van der Waals surface area contributed by atoms with Crippen LogP contribution >= 0.6 is 11.8 Å². The fourth-order valence-corrected chi connectivity index (χ4v) is 3.21. The first kappa shape index (κ1) is 16.8. The van der Waals surface area contributed by atoms with E-state index in [1.165, 1.54) is 12.1 Å². The van der Waals surface area contributed by atoms with Crippen molar-refractivity contribution in [2.24, 2.45) is 5.92 Å². The highest BCUT2D eigenvalue weighted by atomic mass is 32.2. The molecule has 0 amide bonds. The van der Waals surface area contributed by atoms with E-state index in [-0.39, 0.29) is 17.5 Å². The second kappa shape index (κ2) is 8.14. The van der Waals surface area contributed by atoms with Gasteiger partial charge >= 0.3 is 0 Å². The molecule has 0 N–H and O–H groups in total. The van der Waals surface area contributed by atoms with Crippen LogP contribution < -0.4 is 0 Å². The minimum atomic E-state index is -0.210. The summed E-state index contributed by atoms with van der Waals surface area (Å²) in [6.07, 6.45) is 1.77. The highest BCUT2D eigenvalue weighted by molar-refractivity contribution is 7.98. The average molecular weight is 316 g/mol. The molecule has 0 saturated carbocycles. The van der Waals surface area contributed by atoms with Gasteiger partial charge in [-0.05, 0) is 42.7 Å². The number of carbonyl (C=O) groups excluding carboxylic acids is 1. The molecule has 2 aromatic rings. The molecule has 0 spiro atoms. The van der Waals surface area contributed by atoms with Gasteiger partial charge in [0.15, 0.2) is 5.78 Å². The van der Waals surface area contributed by atoms with Crippen molar-refractivity contribution >= 4 is 17.5 Å².